The number of ether oxygens (including phenoxy) is 1. The van der Waals surface area contributed by atoms with Gasteiger partial charge in [-0.2, -0.15) is 13.2 Å². The van der Waals surface area contributed by atoms with Crippen LogP contribution in [0.2, 0.25) is 0 Å². The van der Waals surface area contributed by atoms with Crippen molar-refractivity contribution in [1.29, 1.82) is 0 Å². The molecule has 0 unspecified atom stereocenters. The molecule has 0 heterocycles. The van der Waals surface area contributed by atoms with Crippen LogP contribution in [0.3, 0.4) is 0 Å². The zero-order valence-electron chi connectivity index (χ0n) is 10.8. The first-order valence-electron chi connectivity index (χ1n) is 5.65. The van der Waals surface area contributed by atoms with Gasteiger partial charge in [0.2, 0.25) is 5.91 Å². The molecule has 2 N–H and O–H groups in total. The number of benzene rings is 1. The van der Waals surface area contributed by atoms with E-state index in [1.807, 2.05) is 0 Å². The molecule has 0 bridgehead atoms. The van der Waals surface area contributed by atoms with Crippen molar-refractivity contribution in [3.63, 3.8) is 0 Å². The maximum absolute atomic E-state index is 11.9. The van der Waals surface area contributed by atoms with Gasteiger partial charge in [-0.1, -0.05) is 0 Å². The van der Waals surface area contributed by atoms with Gasteiger partial charge in [-0.05, 0) is 31.3 Å². The zero-order valence-corrected chi connectivity index (χ0v) is 11.6. The van der Waals surface area contributed by atoms with Gasteiger partial charge in [-0.3, -0.25) is 4.79 Å². The second kappa shape index (κ2) is 8.65. The Morgan fingerprint density at radius 1 is 1.25 bits per heavy atom. The van der Waals surface area contributed by atoms with E-state index < -0.39 is 12.8 Å². The van der Waals surface area contributed by atoms with Crippen molar-refractivity contribution in [2.24, 2.45) is 0 Å². The topological polar surface area (TPSA) is 50.4 Å². The molecule has 1 aromatic rings. The highest BCUT2D eigenvalue weighted by Gasteiger charge is 2.28. The van der Waals surface area contributed by atoms with Crippen molar-refractivity contribution in [2.75, 3.05) is 25.5 Å². The Balaban J connectivity index is 0.00000361. The maximum Gasteiger partial charge on any atom is 0.422 e. The number of carbonyl (C=O) groups is 1. The van der Waals surface area contributed by atoms with E-state index in [9.17, 15) is 18.0 Å². The fourth-order valence-corrected chi connectivity index (χ4v) is 1.26. The highest BCUT2D eigenvalue weighted by Crippen LogP contribution is 2.20. The smallest absolute Gasteiger partial charge is 0.422 e. The average molecular weight is 313 g/mol. The van der Waals surface area contributed by atoms with Gasteiger partial charge in [0.15, 0.2) is 6.61 Å². The minimum Gasteiger partial charge on any atom is -0.484 e. The lowest BCUT2D eigenvalue weighted by molar-refractivity contribution is -0.153. The maximum atomic E-state index is 11.9. The van der Waals surface area contributed by atoms with Gasteiger partial charge >= 0.3 is 6.18 Å². The molecule has 0 aliphatic heterocycles. The molecule has 8 heteroatoms. The minimum atomic E-state index is -4.36. The molecule has 0 spiro atoms. The molecular formula is C12H16ClF3N2O2. The van der Waals surface area contributed by atoms with Crippen LogP contribution in [0.25, 0.3) is 0 Å². The number of hydrogen-bond donors (Lipinski definition) is 2. The molecule has 114 valence electrons. The number of halogens is 4. The van der Waals surface area contributed by atoms with E-state index in [1.165, 1.54) is 24.3 Å². The second-order valence-electron chi connectivity index (χ2n) is 3.83. The Labute approximate surface area is 121 Å². The molecular weight excluding hydrogens is 297 g/mol. The summed E-state index contributed by atoms with van der Waals surface area (Å²) in [6.07, 6.45) is -4.04. The lowest BCUT2D eigenvalue weighted by Gasteiger charge is -2.10. The lowest BCUT2D eigenvalue weighted by atomic mass is 10.3. The van der Waals surface area contributed by atoms with Gasteiger partial charge in [-0.25, -0.2) is 0 Å². The first-order chi connectivity index (χ1) is 8.90. The Bertz CT molecular complexity index is 410. The van der Waals surface area contributed by atoms with Crippen LogP contribution in [0.1, 0.15) is 6.42 Å². The molecule has 0 saturated carbocycles. The van der Waals surface area contributed by atoms with Crippen LogP contribution >= 0.6 is 12.4 Å². The predicted molar refractivity (Wildman–Crippen MR) is 72.4 cm³/mol. The van der Waals surface area contributed by atoms with Crippen LogP contribution in [-0.2, 0) is 4.79 Å². The van der Waals surface area contributed by atoms with Crippen molar-refractivity contribution in [3.8, 4) is 5.75 Å². The summed E-state index contributed by atoms with van der Waals surface area (Å²) in [4.78, 5) is 11.4. The fraction of sp³-hybridized carbons (Fsp3) is 0.417. The highest BCUT2D eigenvalue weighted by atomic mass is 35.5. The summed E-state index contributed by atoms with van der Waals surface area (Å²) in [6, 6.07) is 5.73. The monoisotopic (exact) mass is 312 g/mol. The minimum absolute atomic E-state index is 0. The molecule has 0 fully saturated rings. The molecule has 0 aromatic heterocycles. The van der Waals surface area contributed by atoms with Crippen LogP contribution in [0, 0.1) is 0 Å². The molecule has 4 nitrogen and oxygen atoms in total. The third kappa shape index (κ3) is 7.85. The Kier molecular flexibility index (Phi) is 8.02. The number of hydrogen-bond acceptors (Lipinski definition) is 3. The Hall–Kier alpha value is -1.47. The van der Waals surface area contributed by atoms with Crippen LogP contribution in [-0.4, -0.2) is 32.3 Å². The molecule has 0 aliphatic rings. The number of nitrogens with one attached hydrogen (secondary N) is 2. The van der Waals surface area contributed by atoms with Crippen LogP contribution in [0.4, 0.5) is 18.9 Å². The molecule has 1 amide bonds. The first-order valence-corrected chi connectivity index (χ1v) is 5.65. The van der Waals surface area contributed by atoms with Crippen molar-refractivity contribution >= 4 is 24.0 Å². The molecule has 20 heavy (non-hydrogen) atoms. The standard InChI is InChI=1S/C12H15F3N2O2.ClH/c1-16-7-6-11(18)17-9-2-4-10(5-3-9)19-8-12(13,14)15;/h2-5,16H,6-8H2,1H3,(H,17,18);1H. The van der Waals surface area contributed by atoms with Crippen molar-refractivity contribution in [1.82, 2.24) is 5.32 Å². The number of amides is 1. The summed E-state index contributed by atoms with van der Waals surface area (Å²) in [7, 11) is 1.74. The number of rotatable bonds is 6. The van der Waals surface area contributed by atoms with Gasteiger partial charge in [0.05, 0.1) is 0 Å². The summed E-state index contributed by atoms with van der Waals surface area (Å²) in [6.45, 7) is -0.778. The van der Waals surface area contributed by atoms with Crippen LogP contribution in [0.5, 0.6) is 5.75 Å². The van der Waals surface area contributed by atoms with Gasteiger partial charge in [-0.15, -0.1) is 12.4 Å². The summed E-state index contributed by atoms with van der Waals surface area (Å²) in [5.74, 6) is -0.0659. The Morgan fingerprint density at radius 2 is 1.85 bits per heavy atom. The molecule has 0 aliphatic carbocycles. The third-order valence-electron chi connectivity index (χ3n) is 2.14. The SMILES string of the molecule is CNCCC(=O)Nc1ccc(OCC(F)(F)F)cc1.Cl. The number of alkyl halides is 3. The van der Waals surface area contributed by atoms with Crippen molar-refractivity contribution in [3.05, 3.63) is 24.3 Å². The predicted octanol–water partition coefficient (Wildman–Crippen LogP) is 2.60. The fourth-order valence-electron chi connectivity index (χ4n) is 1.26. The Morgan fingerprint density at radius 3 is 2.35 bits per heavy atom. The van der Waals surface area contributed by atoms with Crippen molar-refractivity contribution in [2.45, 2.75) is 12.6 Å². The molecule has 0 saturated heterocycles. The first kappa shape index (κ1) is 18.5. The van der Waals surface area contributed by atoms with Crippen LogP contribution < -0.4 is 15.4 Å². The summed E-state index contributed by atoms with van der Waals surface area (Å²) in [5, 5.41) is 5.46. The summed E-state index contributed by atoms with van der Waals surface area (Å²) in [5.41, 5.74) is 0.514. The highest BCUT2D eigenvalue weighted by molar-refractivity contribution is 5.90. The van der Waals surface area contributed by atoms with E-state index in [4.69, 9.17) is 0 Å². The van der Waals surface area contributed by atoms with E-state index in [-0.39, 0.29) is 24.1 Å². The van der Waals surface area contributed by atoms with E-state index in [0.717, 1.165) is 0 Å². The summed E-state index contributed by atoms with van der Waals surface area (Å²) < 4.78 is 40.3. The van der Waals surface area contributed by atoms with E-state index in [2.05, 4.69) is 15.4 Å². The van der Waals surface area contributed by atoms with E-state index >= 15 is 0 Å². The molecule has 1 rings (SSSR count). The van der Waals surface area contributed by atoms with Gasteiger partial charge in [0.25, 0.3) is 0 Å². The zero-order chi connectivity index (χ0) is 14.3. The third-order valence-corrected chi connectivity index (χ3v) is 2.14. The average Bonchev–Trinajstić information content (AvgIpc) is 2.34. The number of carbonyl (C=O) groups excluding carboxylic acids is 1. The van der Waals surface area contributed by atoms with Crippen LogP contribution in [0.15, 0.2) is 24.3 Å². The normalized spacial score (nSPS) is 10.6. The van der Waals surface area contributed by atoms with E-state index in [1.54, 1.807) is 7.05 Å². The number of anilines is 1. The van der Waals surface area contributed by atoms with Gasteiger partial charge in [0, 0.05) is 18.7 Å². The van der Waals surface area contributed by atoms with E-state index in [0.29, 0.717) is 18.7 Å². The molecule has 0 radical (unpaired) electrons. The molecule has 0 atom stereocenters. The second-order valence-corrected chi connectivity index (χ2v) is 3.83. The van der Waals surface area contributed by atoms with Gasteiger partial charge < -0.3 is 15.4 Å². The lowest BCUT2D eigenvalue weighted by Crippen LogP contribution is -2.19. The molecule has 1 aromatic carbocycles. The largest absolute Gasteiger partial charge is 0.484 e. The van der Waals surface area contributed by atoms with Gasteiger partial charge in [0.1, 0.15) is 5.75 Å². The summed E-state index contributed by atoms with van der Waals surface area (Å²) >= 11 is 0. The van der Waals surface area contributed by atoms with Crippen molar-refractivity contribution < 1.29 is 22.7 Å². The quantitative estimate of drug-likeness (QED) is 0.849.